The SMILES string of the molecule is COc1ccc2c(c1)N(CC(=O)O)CCCN2. The lowest BCUT2D eigenvalue weighted by Crippen LogP contribution is -2.30. The number of ether oxygens (including phenoxy) is 1. The number of carboxylic acids is 1. The maximum atomic E-state index is 10.9. The minimum absolute atomic E-state index is 0.0157. The van der Waals surface area contributed by atoms with Gasteiger partial charge in [-0.25, -0.2) is 0 Å². The largest absolute Gasteiger partial charge is 0.497 e. The van der Waals surface area contributed by atoms with Crippen LogP contribution in [0.3, 0.4) is 0 Å². The quantitative estimate of drug-likeness (QED) is 0.830. The molecule has 2 N–H and O–H groups in total. The maximum Gasteiger partial charge on any atom is 0.323 e. The summed E-state index contributed by atoms with van der Waals surface area (Å²) < 4.78 is 5.17. The van der Waals surface area contributed by atoms with Gasteiger partial charge in [0.05, 0.1) is 18.5 Å². The van der Waals surface area contributed by atoms with Crippen LogP contribution < -0.4 is 15.0 Å². The molecule has 1 aliphatic heterocycles. The van der Waals surface area contributed by atoms with Crippen LogP contribution in [0.25, 0.3) is 0 Å². The van der Waals surface area contributed by atoms with Gasteiger partial charge in [0, 0.05) is 19.2 Å². The van der Waals surface area contributed by atoms with Crippen molar-refractivity contribution in [3.63, 3.8) is 0 Å². The fourth-order valence-corrected chi connectivity index (χ4v) is 1.99. The van der Waals surface area contributed by atoms with Crippen molar-refractivity contribution in [2.75, 3.05) is 37.0 Å². The van der Waals surface area contributed by atoms with E-state index in [0.717, 1.165) is 36.6 Å². The molecule has 0 saturated heterocycles. The fourth-order valence-electron chi connectivity index (χ4n) is 1.99. The first kappa shape index (κ1) is 11.6. The monoisotopic (exact) mass is 236 g/mol. The van der Waals surface area contributed by atoms with Gasteiger partial charge in [0.25, 0.3) is 0 Å². The highest BCUT2D eigenvalue weighted by Crippen LogP contribution is 2.32. The number of rotatable bonds is 3. The number of hydrogen-bond donors (Lipinski definition) is 2. The highest BCUT2D eigenvalue weighted by atomic mass is 16.5. The lowest BCUT2D eigenvalue weighted by Gasteiger charge is -2.22. The average molecular weight is 236 g/mol. The first-order chi connectivity index (χ1) is 8.20. The predicted molar refractivity (Wildman–Crippen MR) is 65.9 cm³/mol. The predicted octanol–water partition coefficient (Wildman–Crippen LogP) is 1.40. The summed E-state index contributed by atoms with van der Waals surface area (Å²) in [6, 6.07) is 5.67. The molecule has 1 aromatic carbocycles. The molecule has 0 aromatic heterocycles. The number of fused-ring (bicyclic) bond motifs is 1. The molecule has 0 radical (unpaired) electrons. The summed E-state index contributed by atoms with van der Waals surface area (Å²) in [5.74, 6) is -0.0801. The molecule has 1 heterocycles. The Hall–Kier alpha value is -1.91. The minimum Gasteiger partial charge on any atom is -0.497 e. The first-order valence-corrected chi connectivity index (χ1v) is 5.59. The summed E-state index contributed by atoms with van der Waals surface area (Å²) in [5, 5.41) is 12.2. The van der Waals surface area contributed by atoms with Crippen molar-refractivity contribution in [1.82, 2.24) is 0 Å². The molecular formula is C12H16N2O3. The van der Waals surface area contributed by atoms with Crippen molar-refractivity contribution in [1.29, 1.82) is 0 Å². The number of benzene rings is 1. The standard InChI is InChI=1S/C12H16N2O3/c1-17-9-3-4-10-11(7-9)14(8-12(15)16)6-2-5-13-10/h3-4,7,13H,2,5-6,8H2,1H3,(H,15,16). The molecule has 5 nitrogen and oxygen atoms in total. The molecule has 17 heavy (non-hydrogen) atoms. The number of aliphatic carboxylic acids is 1. The summed E-state index contributed by atoms with van der Waals surface area (Å²) in [4.78, 5) is 12.7. The van der Waals surface area contributed by atoms with E-state index < -0.39 is 5.97 Å². The summed E-state index contributed by atoms with van der Waals surface area (Å²) in [6.07, 6.45) is 0.921. The number of carboxylic acid groups (broad SMARTS) is 1. The summed E-state index contributed by atoms with van der Waals surface area (Å²) in [7, 11) is 1.60. The highest BCUT2D eigenvalue weighted by molar-refractivity contribution is 5.79. The Morgan fingerprint density at radius 2 is 2.41 bits per heavy atom. The van der Waals surface area contributed by atoms with Crippen molar-refractivity contribution in [2.45, 2.75) is 6.42 Å². The summed E-state index contributed by atoms with van der Waals surface area (Å²) >= 11 is 0. The van der Waals surface area contributed by atoms with Crippen LogP contribution >= 0.6 is 0 Å². The Morgan fingerprint density at radius 3 is 3.12 bits per heavy atom. The molecular weight excluding hydrogens is 220 g/mol. The Morgan fingerprint density at radius 1 is 1.59 bits per heavy atom. The van der Waals surface area contributed by atoms with E-state index in [1.165, 1.54) is 0 Å². The highest BCUT2D eigenvalue weighted by Gasteiger charge is 2.17. The van der Waals surface area contributed by atoms with Gasteiger partial charge in [0.15, 0.2) is 0 Å². The van der Waals surface area contributed by atoms with E-state index in [-0.39, 0.29) is 6.54 Å². The lowest BCUT2D eigenvalue weighted by molar-refractivity contribution is -0.135. The van der Waals surface area contributed by atoms with E-state index in [1.807, 2.05) is 23.1 Å². The second-order valence-corrected chi connectivity index (χ2v) is 3.98. The van der Waals surface area contributed by atoms with Gasteiger partial charge in [-0.05, 0) is 18.6 Å². The molecule has 1 aliphatic rings. The van der Waals surface area contributed by atoms with Gasteiger partial charge in [0.1, 0.15) is 12.3 Å². The van der Waals surface area contributed by atoms with E-state index in [9.17, 15) is 4.79 Å². The van der Waals surface area contributed by atoms with Gasteiger partial charge in [-0.1, -0.05) is 0 Å². The zero-order chi connectivity index (χ0) is 12.3. The summed E-state index contributed by atoms with van der Waals surface area (Å²) in [6.45, 7) is 1.61. The van der Waals surface area contributed by atoms with E-state index in [4.69, 9.17) is 9.84 Å². The topological polar surface area (TPSA) is 61.8 Å². The van der Waals surface area contributed by atoms with Crippen molar-refractivity contribution < 1.29 is 14.6 Å². The molecule has 2 rings (SSSR count). The van der Waals surface area contributed by atoms with Crippen LogP contribution in [-0.2, 0) is 4.79 Å². The Labute approximate surface area is 100.0 Å². The van der Waals surface area contributed by atoms with Crippen molar-refractivity contribution >= 4 is 17.3 Å². The minimum atomic E-state index is -0.819. The third kappa shape index (κ3) is 2.61. The zero-order valence-corrected chi connectivity index (χ0v) is 9.77. The number of nitrogens with one attached hydrogen (secondary N) is 1. The van der Waals surface area contributed by atoms with E-state index in [1.54, 1.807) is 7.11 Å². The fraction of sp³-hybridized carbons (Fsp3) is 0.417. The number of methoxy groups -OCH3 is 1. The molecule has 0 spiro atoms. The third-order valence-electron chi connectivity index (χ3n) is 2.79. The van der Waals surface area contributed by atoms with Gasteiger partial charge in [-0.3, -0.25) is 4.79 Å². The number of carbonyl (C=O) groups is 1. The second-order valence-electron chi connectivity index (χ2n) is 3.98. The van der Waals surface area contributed by atoms with Gasteiger partial charge in [0.2, 0.25) is 0 Å². The Balaban J connectivity index is 2.34. The van der Waals surface area contributed by atoms with Crippen LogP contribution in [0.4, 0.5) is 11.4 Å². The number of anilines is 2. The maximum absolute atomic E-state index is 10.9. The van der Waals surface area contributed by atoms with Crippen molar-refractivity contribution in [3.05, 3.63) is 18.2 Å². The Kier molecular flexibility index (Phi) is 3.37. The zero-order valence-electron chi connectivity index (χ0n) is 9.77. The molecule has 1 aromatic rings. The molecule has 0 fully saturated rings. The van der Waals surface area contributed by atoms with Crippen LogP contribution in [0, 0.1) is 0 Å². The summed E-state index contributed by atoms with van der Waals surface area (Å²) in [5.41, 5.74) is 1.86. The molecule has 0 unspecified atom stereocenters. The third-order valence-corrected chi connectivity index (χ3v) is 2.79. The normalized spacial score (nSPS) is 14.5. The van der Waals surface area contributed by atoms with Crippen molar-refractivity contribution in [3.8, 4) is 5.75 Å². The van der Waals surface area contributed by atoms with Crippen LogP contribution in [0.5, 0.6) is 5.75 Å². The molecule has 0 saturated carbocycles. The molecule has 0 amide bonds. The van der Waals surface area contributed by atoms with Gasteiger partial charge in [-0.2, -0.15) is 0 Å². The molecule has 92 valence electrons. The van der Waals surface area contributed by atoms with Gasteiger partial charge in [-0.15, -0.1) is 0 Å². The lowest BCUT2D eigenvalue weighted by atomic mass is 10.2. The van der Waals surface area contributed by atoms with Crippen molar-refractivity contribution in [2.24, 2.45) is 0 Å². The molecule has 5 heteroatoms. The van der Waals surface area contributed by atoms with E-state index >= 15 is 0 Å². The molecule has 0 atom stereocenters. The number of hydrogen-bond acceptors (Lipinski definition) is 4. The number of nitrogens with zero attached hydrogens (tertiary/aromatic N) is 1. The Bertz CT molecular complexity index is 420. The average Bonchev–Trinajstić information content (AvgIpc) is 2.51. The van der Waals surface area contributed by atoms with Gasteiger partial charge >= 0.3 is 5.97 Å². The molecule has 0 bridgehead atoms. The van der Waals surface area contributed by atoms with Crippen LogP contribution in [0.15, 0.2) is 18.2 Å². The van der Waals surface area contributed by atoms with E-state index in [0.29, 0.717) is 0 Å². The molecule has 0 aliphatic carbocycles. The smallest absolute Gasteiger partial charge is 0.323 e. The van der Waals surface area contributed by atoms with Gasteiger partial charge < -0.3 is 20.1 Å². The van der Waals surface area contributed by atoms with Crippen LogP contribution in [0.1, 0.15) is 6.42 Å². The van der Waals surface area contributed by atoms with Crippen LogP contribution in [0.2, 0.25) is 0 Å². The second kappa shape index (κ2) is 4.95. The van der Waals surface area contributed by atoms with Crippen LogP contribution in [-0.4, -0.2) is 37.8 Å². The first-order valence-electron chi connectivity index (χ1n) is 5.59. The van der Waals surface area contributed by atoms with E-state index in [2.05, 4.69) is 5.32 Å².